The van der Waals surface area contributed by atoms with Crippen molar-refractivity contribution in [2.24, 2.45) is 0 Å². The summed E-state index contributed by atoms with van der Waals surface area (Å²) in [5, 5.41) is 12.7. The number of nitrogens with zero attached hydrogens (tertiary/aromatic N) is 1. The first-order chi connectivity index (χ1) is 7.48. The Balaban J connectivity index is 2.40. The van der Waals surface area contributed by atoms with Gasteiger partial charge in [0.15, 0.2) is 0 Å². The molecule has 2 N–H and O–H groups in total. The van der Waals surface area contributed by atoms with Crippen molar-refractivity contribution in [1.29, 1.82) is 0 Å². The third kappa shape index (κ3) is 4.04. The number of hydrogen-bond donors (Lipinski definition) is 2. The predicted molar refractivity (Wildman–Crippen MR) is 68.6 cm³/mol. The third-order valence-corrected chi connectivity index (χ3v) is 3.75. The molecule has 1 saturated heterocycles. The molecule has 2 atom stereocenters. The molecule has 1 aliphatic rings. The second kappa shape index (κ2) is 5.99. The van der Waals surface area contributed by atoms with E-state index in [4.69, 9.17) is 5.11 Å². The Morgan fingerprint density at radius 1 is 1.44 bits per heavy atom. The number of hydrogen-bond acceptors (Lipinski definition) is 3. The Morgan fingerprint density at radius 3 is 2.62 bits per heavy atom. The van der Waals surface area contributed by atoms with E-state index in [1.165, 1.54) is 19.4 Å². The largest absolute Gasteiger partial charge is 0.396 e. The van der Waals surface area contributed by atoms with Crippen LogP contribution < -0.4 is 5.32 Å². The van der Waals surface area contributed by atoms with Gasteiger partial charge >= 0.3 is 0 Å². The van der Waals surface area contributed by atoms with Crippen LogP contribution in [0.4, 0.5) is 0 Å². The van der Waals surface area contributed by atoms with E-state index in [9.17, 15) is 0 Å². The molecule has 1 rings (SSSR count). The smallest absolute Gasteiger partial charge is 0.0448 e. The Hall–Kier alpha value is -0.120. The second-order valence-corrected chi connectivity index (χ2v) is 5.70. The summed E-state index contributed by atoms with van der Waals surface area (Å²) in [6, 6.07) is 1.29. The number of likely N-dealkylation sites (tertiary alicyclic amines) is 1. The molecule has 3 heteroatoms. The molecule has 0 aromatic rings. The SMILES string of the molecule is CCN1CCC(NC(C)(C)CCO)CC1C. The third-order valence-electron chi connectivity index (χ3n) is 3.75. The number of piperidine rings is 1. The van der Waals surface area contributed by atoms with Crippen LogP contribution in [0.3, 0.4) is 0 Å². The zero-order chi connectivity index (χ0) is 12.2. The molecule has 1 fully saturated rings. The molecule has 2 unspecified atom stereocenters. The summed E-state index contributed by atoms with van der Waals surface area (Å²) in [6.07, 6.45) is 3.28. The average molecular weight is 228 g/mol. The molecule has 0 spiro atoms. The van der Waals surface area contributed by atoms with Crippen LogP contribution in [0.5, 0.6) is 0 Å². The summed E-state index contributed by atoms with van der Waals surface area (Å²) in [7, 11) is 0. The Labute approximate surface area is 100 Å². The van der Waals surface area contributed by atoms with Gasteiger partial charge in [-0.2, -0.15) is 0 Å². The van der Waals surface area contributed by atoms with Gasteiger partial charge in [0.05, 0.1) is 0 Å². The molecular weight excluding hydrogens is 200 g/mol. The Morgan fingerprint density at radius 2 is 2.12 bits per heavy atom. The van der Waals surface area contributed by atoms with Crippen LogP contribution >= 0.6 is 0 Å². The van der Waals surface area contributed by atoms with Gasteiger partial charge in [0.1, 0.15) is 0 Å². The fourth-order valence-electron chi connectivity index (χ4n) is 2.73. The lowest BCUT2D eigenvalue weighted by molar-refractivity contribution is 0.123. The van der Waals surface area contributed by atoms with Gasteiger partial charge in [0.25, 0.3) is 0 Å². The molecule has 0 radical (unpaired) electrons. The zero-order valence-electron chi connectivity index (χ0n) is 11.3. The molecule has 16 heavy (non-hydrogen) atoms. The molecule has 1 heterocycles. The molecular formula is C13H28N2O. The summed E-state index contributed by atoms with van der Waals surface area (Å²) >= 11 is 0. The minimum Gasteiger partial charge on any atom is -0.396 e. The van der Waals surface area contributed by atoms with E-state index in [-0.39, 0.29) is 12.1 Å². The van der Waals surface area contributed by atoms with E-state index in [0.29, 0.717) is 12.1 Å². The van der Waals surface area contributed by atoms with Gasteiger partial charge in [0.2, 0.25) is 0 Å². The van der Waals surface area contributed by atoms with Crippen LogP contribution in [0.15, 0.2) is 0 Å². The van der Waals surface area contributed by atoms with Gasteiger partial charge in [-0.15, -0.1) is 0 Å². The van der Waals surface area contributed by atoms with E-state index in [1.807, 2.05) is 0 Å². The first-order valence-electron chi connectivity index (χ1n) is 6.61. The van der Waals surface area contributed by atoms with Crippen molar-refractivity contribution < 1.29 is 5.11 Å². The normalized spacial score (nSPS) is 28.3. The number of rotatable bonds is 5. The maximum Gasteiger partial charge on any atom is 0.0448 e. The van der Waals surface area contributed by atoms with E-state index >= 15 is 0 Å². The minimum absolute atomic E-state index is 0.0630. The van der Waals surface area contributed by atoms with Crippen LogP contribution in [-0.4, -0.2) is 47.3 Å². The van der Waals surface area contributed by atoms with Gasteiger partial charge in [-0.25, -0.2) is 0 Å². The van der Waals surface area contributed by atoms with Crippen molar-refractivity contribution in [3.05, 3.63) is 0 Å². The van der Waals surface area contributed by atoms with Gasteiger partial charge < -0.3 is 15.3 Å². The first kappa shape index (κ1) is 13.9. The molecule has 0 aliphatic carbocycles. The van der Waals surface area contributed by atoms with Crippen LogP contribution in [0.2, 0.25) is 0 Å². The first-order valence-corrected chi connectivity index (χ1v) is 6.61. The molecule has 1 aliphatic heterocycles. The Kier molecular flexibility index (Phi) is 5.22. The van der Waals surface area contributed by atoms with Crippen molar-refractivity contribution in [1.82, 2.24) is 10.2 Å². The topological polar surface area (TPSA) is 35.5 Å². The molecule has 0 amide bonds. The van der Waals surface area contributed by atoms with E-state index in [0.717, 1.165) is 13.0 Å². The quantitative estimate of drug-likeness (QED) is 0.750. The van der Waals surface area contributed by atoms with Crippen molar-refractivity contribution in [3.63, 3.8) is 0 Å². The molecule has 0 bridgehead atoms. The predicted octanol–water partition coefficient (Wildman–Crippen LogP) is 1.61. The summed E-state index contributed by atoms with van der Waals surface area (Å²) in [5.74, 6) is 0. The van der Waals surface area contributed by atoms with Gasteiger partial charge in [0, 0.05) is 24.2 Å². The number of aliphatic hydroxyl groups is 1. The fourth-order valence-corrected chi connectivity index (χ4v) is 2.73. The lowest BCUT2D eigenvalue weighted by atomic mass is 9.93. The van der Waals surface area contributed by atoms with E-state index < -0.39 is 0 Å². The highest BCUT2D eigenvalue weighted by atomic mass is 16.3. The van der Waals surface area contributed by atoms with Gasteiger partial charge in [-0.3, -0.25) is 0 Å². The average Bonchev–Trinajstić information content (AvgIpc) is 2.17. The maximum atomic E-state index is 9.02. The molecule has 0 aromatic heterocycles. The van der Waals surface area contributed by atoms with Crippen LogP contribution in [-0.2, 0) is 0 Å². The van der Waals surface area contributed by atoms with Crippen LogP contribution in [0, 0.1) is 0 Å². The number of nitrogens with one attached hydrogen (secondary N) is 1. The van der Waals surface area contributed by atoms with Crippen LogP contribution in [0.25, 0.3) is 0 Å². The lowest BCUT2D eigenvalue weighted by Crippen LogP contribution is -2.53. The van der Waals surface area contributed by atoms with Crippen molar-refractivity contribution in [3.8, 4) is 0 Å². The minimum atomic E-state index is 0.0630. The molecule has 3 nitrogen and oxygen atoms in total. The molecule has 96 valence electrons. The maximum absolute atomic E-state index is 9.02. The zero-order valence-corrected chi connectivity index (χ0v) is 11.3. The summed E-state index contributed by atoms with van der Waals surface area (Å²) in [4.78, 5) is 2.54. The van der Waals surface area contributed by atoms with E-state index in [2.05, 4.69) is 37.9 Å². The van der Waals surface area contributed by atoms with Crippen molar-refractivity contribution >= 4 is 0 Å². The van der Waals surface area contributed by atoms with E-state index in [1.54, 1.807) is 0 Å². The highest BCUT2D eigenvalue weighted by Crippen LogP contribution is 2.20. The van der Waals surface area contributed by atoms with Crippen molar-refractivity contribution in [2.75, 3.05) is 19.7 Å². The van der Waals surface area contributed by atoms with Gasteiger partial charge in [-0.1, -0.05) is 6.92 Å². The Bertz CT molecular complexity index is 206. The standard InChI is InChI=1S/C13H28N2O/c1-5-15-8-6-12(10-11(15)2)14-13(3,4)7-9-16/h11-12,14,16H,5-10H2,1-4H3. The fraction of sp³-hybridized carbons (Fsp3) is 1.00. The highest BCUT2D eigenvalue weighted by molar-refractivity contribution is 4.88. The van der Waals surface area contributed by atoms with Crippen LogP contribution in [0.1, 0.15) is 47.0 Å². The van der Waals surface area contributed by atoms with Crippen molar-refractivity contribution in [2.45, 2.75) is 64.6 Å². The summed E-state index contributed by atoms with van der Waals surface area (Å²) in [5.41, 5.74) is 0.0630. The highest BCUT2D eigenvalue weighted by Gasteiger charge is 2.28. The second-order valence-electron chi connectivity index (χ2n) is 5.70. The molecule has 0 aromatic carbocycles. The number of aliphatic hydroxyl groups excluding tert-OH is 1. The lowest BCUT2D eigenvalue weighted by Gasteiger charge is -2.40. The summed E-state index contributed by atoms with van der Waals surface area (Å²) < 4.78 is 0. The monoisotopic (exact) mass is 228 g/mol. The molecule has 0 saturated carbocycles. The summed E-state index contributed by atoms with van der Waals surface area (Å²) in [6.45, 7) is 11.5. The van der Waals surface area contributed by atoms with Gasteiger partial charge in [-0.05, 0) is 53.1 Å².